The molecule has 0 saturated heterocycles. The molecule has 1 aliphatic carbocycles. The summed E-state index contributed by atoms with van der Waals surface area (Å²) in [5.74, 6) is -0.214. The average Bonchev–Trinajstić information content (AvgIpc) is 2.56. The van der Waals surface area contributed by atoms with Crippen LogP contribution >= 0.6 is 15.9 Å². The lowest BCUT2D eigenvalue weighted by atomic mass is 10.1. The predicted molar refractivity (Wildman–Crippen MR) is 72.3 cm³/mol. The first-order valence-corrected chi connectivity index (χ1v) is 7.06. The summed E-state index contributed by atoms with van der Waals surface area (Å²) in [5, 5.41) is 12.8. The van der Waals surface area contributed by atoms with Gasteiger partial charge in [-0.3, -0.25) is 4.79 Å². The van der Waals surface area contributed by atoms with Gasteiger partial charge in [0.15, 0.2) is 0 Å². The lowest BCUT2D eigenvalue weighted by Crippen LogP contribution is -2.42. The number of pyridine rings is 1. The number of nitrogens with one attached hydrogen (secondary N) is 1. The van der Waals surface area contributed by atoms with Gasteiger partial charge in [-0.1, -0.05) is 19.3 Å². The van der Waals surface area contributed by atoms with Crippen molar-refractivity contribution >= 4 is 21.8 Å². The van der Waals surface area contributed by atoms with Crippen molar-refractivity contribution < 1.29 is 9.90 Å². The average molecular weight is 313 g/mol. The van der Waals surface area contributed by atoms with E-state index < -0.39 is 6.10 Å². The smallest absolute Gasteiger partial charge is 0.270 e. The van der Waals surface area contributed by atoms with Gasteiger partial charge in [0.25, 0.3) is 5.91 Å². The Hall–Kier alpha value is -0.940. The molecule has 0 aromatic carbocycles. The van der Waals surface area contributed by atoms with E-state index in [0.29, 0.717) is 5.69 Å². The highest BCUT2D eigenvalue weighted by Gasteiger charge is 2.23. The molecule has 2 N–H and O–H groups in total. The molecular weight excluding hydrogens is 296 g/mol. The van der Waals surface area contributed by atoms with E-state index in [9.17, 15) is 9.90 Å². The minimum atomic E-state index is -0.438. The molecule has 1 heterocycles. The molecule has 98 valence electrons. The Morgan fingerprint density at radius 1 is 1.33 bits per heavy atom. The van der Waals surface area contributed by atoms with Gasteiger partial charge >= 0.3 is 0 Å². The van der Waals surface area contributed by atoms with Crippen molar-refractivity contribution in [2.45, 2.75) is 44.2 Å². The number of carbonyl (C=O) groups excluding carboxylic acids is 1. The number of amides is 1. The maximum absolute atomic E-state index is 12.0. The van der Waals surface area contributed by atoms with E-state index in [4.69, 9.17) is 0 Å². The number of hydrogen-bond donors (Lipinski definition) is 2. The van der Waals surface area contributed by atoms with Gasteiger partial charge < -0.3 is 10.4 Å². The number of carbonyl (C=O) groups is 1. The van der Waals surface area contributed by atoms with Gasteiger partial charge in [-0.2, -0.15) is 0 Å². The van der Waals surface area contributed by atoms with Crippen LogP contribution in [0.25, 0.3) is 0 Å². The Labute approximate surface area is 115 Å². The van der Waals surface area contributed by atoms with Gasteiger partial charge in [-0.25, -0.2) is 4.98 Å². The molecule has 1 aromatic heterocycles. The standard InChI is InChI=1S/C13H17BrN2O2/c14-9-6-7-11(15-8-9)13(18)16-10-4-2-1-3-5-12(10)17/h6-8,10,12,17H,1-5H2,(H,16,18). The first-order chi connectivity index (χ1) is 8.66. The maximum Gasteiger partial charge on any atom is 0.270 e. The van der Waals surface area contributed by atoms with E-state index in [-0.39, 0.29) is 11.9 Å². The third-order valence-corrected chi connectivity index (χ3v) is 3.73. The van der Waals surface area contributed by atoms with Crippen LogP contribution < -0.4 is 5.32 Å². The van der Waals surface area contributed by atoms with E-state index in [1.165, 1.54) is 0 Å². The molecule has 0 aliphatic heterocycles. The van der Waals surface area contributed by atoms with Crippen LogP contribution in [0.2, 0.25) is 0 Å². The summed E-state index contributed by atoms with van der Waals surface area (Å²) in [6, 6.07) is 3.30. The molecule has 1 aromatic rings. The van der Waals surface area contributed by atoms with Crippen molar-refractivity contribution in [3.63, 3.8) is 0 Å². The van der Waals surface area contributed by atoms with E-state index >= 15 is 0 Å². The Bertz CT molecular complexity index is 408. The molecule has 1 saturated carbocycles. The number of halogens is 1. The van der Waals surface area contributed by atoms with Crippen LogP contribution in [0.15, 0.2) is 22.8 Å². The van der Waals surface area contributed by atoms with Crippen molar-refractivity contribution in [3.8, 4) is 0 Å². The molecule has 0 radical (unpaired) electrons. The Balaban J connectivity index is 1.99. The lowest BCUT2D eigenvalue weighted by molar-refractivity contribution is 0.0814. The van der Waals surface area contributed by atoms with Gasteiger partial charge in [0.05, 0.1) is 12.1 Å². The second-order valence-corrected chi connectivity index (χ2v) is 5.56. The van der Waals surface area contributed by atoms with Crippen LogP contribution in [0.1, 0.15) is 42.6 Å². The molecule has 5 heteroatoms. The Morgan fingerprint density at radius 2 is 2.11 bits per heavy atom. The second kappa shape index (κ2) is 6.29. The van der Waals surface area contributed by atoms with Crippen molar-refractivity contribution in [3.05, 3.63) is 28.5 Å². The highest BCUT2D eigenvalue weighted by atomic mass is 79.9. The lowest BCUT2D eigenvalue weighted by Gasteiger charge is -2.21. The minimum Gasteiger partial charge on any atom is -0.391 e. The molecule has 1 amide bonds. The zero-order chi connectivity index (χ0) is 13.0. The third-order valence-electron chi connectivity index (χ3n) is 3.26. The van der Waals surface area contributed by atoms with Gasteiger partial charge in [0.2, 0.25) is 0 Å². The number of nitrogens with zero attached hydrogens (tertiary/aromatic N) is 1. The zero-order valence-corrected chi connectivity index (χ0v) is 11.7. The topological polar surface area (TPSA) is 62.2 Å². The molecule has 4 nitrogen and oxygen atoms in total. The summed E-state index contributed by atoms with van der Waals surface area (Å²) < 4.78 is 0.841. The quantitative estimate of drug-likeness (QED) is 0.823. The van der Waals surface area contributed by atoms with Crippen LogP contribution in [-0.2, 0) is 0 Å². The van der Waals surface area contributed by atoms with Crippen molar-refractivity contribution in [1.29, 1.82) is 0 Å². The molecule has 1 fully saturated rings. The summed E-state index contributed by atoms with van der Waals surface area (Å²) in [6.07, 6.45) is 5.97. The Morgan fingerprint density at radius 3 is 2.83 bits per heavy atom. The maximum atomic E-state index is 12.0. The molecule has 1 aliphatic rings. The Kier molecular flexibility index (Phi) is 4.72. The molecule has 2 rings (SSSR count). The van der Waals surface area contributed by atoms with Gasteiger partial charge in [0, 0.05) is 10.7 Å². The van der Waals surface area contributed by atoms with Crippen LogP contribution in [-0.4, -0.2) is 28.1 Å². The van der Waals surface area contributed by atoms with Crippen LogP contribution in [0.4, 0.5) is 0 Å². The van der Waals surface area contributed by atoms with E-state index in [2.05, 4.69) is 26.2 Å². The number of aromatic nitrogens is 1. The first kappa shape index (κ1) is 13.5. The fourth-order valence-corrected chi connectivity index (χ4v) is 2.44. The van der Waals surface area contributed by atoms with Gasteiger partial charge in [-0.15, -0.1) is 0 Å². The monoisotopic (exact) mass is 312 g/mol. The minimum absolute atomic E-state index is 0.148. The van der Waals surface area contributed by atoms with Crippen molar-refractivity contribution in [1.82, 2.24) is 10.3 Å². The summed E-state index contributed by atoms with van der Waals surface area (Å²) in [4.78, 5) is 16.0. The molecule has 0 spiro atoms. The number of aliphatic hydroxyl groups is 1. The van der Waals surface area contributed by atoms with E-state index in [0.717, 1.165) is 36.6 Å². The third kappa shape index (κ3) is 3.53. The van der Waals surface area contributed by atoms with Gasteiger partial charge in [0.1, 0.15) is 5.69 Å². The van der Waals surface area contributed by atoms with Gasteiger partial charge in [-0.05, 0) is 40.9 Å². The van der Waals surface area contributed by atoms with Crippen LogP contribution in [0, 0.1) is 0 Å². The summed E-state index contributed by atoms with van der Waals surface area (Å²) in [6.45, 7) is 0. The molecule has 2 atom stereocenters. The fraction of sp³-hybridized carbons (Fsp3) is 0.538. The van der Waals surface area contributed by atoms with Crippen LogP contribution in [0.3, 0.4) is 0 Å². The van der Waals surface area contributed by atoms with Crippen molar-refractivity contribution in [2.75, 3.05) is 0 Å². The second-order valence-electron chi connectivity index (χ2n) is 4.65. The SMILES string of the molecule is O=C(NC1CCCCCC1O)c1ccc(Br)cn1. The largest absolute Gasteiger partial charge is 0.391 e. The summed E-state index contributed by atoms with van der Waals surface area (Å²) in [7, 11) is 0. The van der Waals surface area contributed by atoms with Crippen molar-refractivity contribution in [2.24, 2.45) is 0 Å². The van der Waals surface area contributed by atoms with E-state index in [1.54, 1.807) is 18.3 Å². The molecule has 18 heavy (non-hydrogen) atoms. The summed E-state index contributed by atoms with van der Waals surface area (Å²) in [5.41, 5.74) is 0.384. The molecular formula is C13H17BrN2O2. The van der Waals surface area contributed by atoms with Crippen LogP contribution in [0.5, 0.6) is 0 Å². The predicted octanol–water partition coefficient (Wildman–Crippen LogP) is 2.27. The highest BCUT2D eigenvalue weighted by Crippen LogP contribution is 2.18. The van der Waals surface area contributed by atoms with E-state index in [1.807, 2.05) is 0 Å². The fourth-order valence-electron chi connectivity index (χ4n) is 2.21. The zero-order valence-electron chi connectivity index (χ0n) is 10.1. The molecule has 0 bridgehead atoms. The number of aliphatic hydroxyl groups excluding tert-OH is 1. The highest BCUT2D eigenvalue weighted by molar-refractivity contribution is 9.10. The number of rotatable bonds is 2. The first-order valence-electron chi connectivity index (χ1n) is 6.27. The number of hydrogen-bond acceptors (Lipinski definition) is 3. The summed E-state index contributed by atoms with van der Waals surface area (Å²) >= 11 is 3.28. The molecule has 2 unspecified atom stereocenters. The normalized spacial score (nSPS) is 24.3.